The van der Waals surface area contributed by atoms with Gasteiger partial charge in [0, 0.05) is 19.1 Å². The number of hydrogen-bond donors (Lipinski definition) is 1. The van der Waals surface area contributed by atoms with E-state index in [1.807, 2.05) is 18.2 Å². The van der Waals surface area contributed by atoms with E-state index in [9.17, 15) is 0 Å². The Morgan fingerprint density at radius 1 is 1.32 bits per heavy atom. The third kappa shape index (κ3) is 4.34. The summed E-state index contributed by atoms with van der Waals surface area (Å²) in [7, 11) is 0. The Morgan fingerprint density at radius 2 is 2.11 bits per heavy atom. The number of nitrogens with zero attached hydrogens (tertiary/aromatic N) is 2. The maximum atomic E-state index is 8.91. The number of benzene rings is 1. The molecule has 0 spiro atoms. The first-order valence-electron chi connectivity index (χ1n) is 7.25. The van der Waals surface area contributed by atoms with Crippen molar-refractivity contribution in [1.82, 2.24) is 10.2 Å². The Balaban J connectivity index is 1.77. The van der Waals surface area contributed by atoms with Crippen molar-refractivity contribution >= 4 is 0 Å². The Hall–Kier alpha value is -1.37. The molecule has 0 saturated carbocycles. The molecule has 1 heterocycles. The van der Waals surface area contributed by atoms with E-state index in [4.69, 9.17) is 5.26 Å². The van der Waals surface area contributed by atoms with Crippen LogP contribution >= 0.6 is 0 Å². The van der Waals surface area contributed by atoms with Crippen molar-refractivity contribution in [3.63, 3.8) is 0 Å². The largest absolute Gasteiger partial charge is 0.309 e. The minimum Gasteiger partial charge on any atom is -0.309 e. The minimum atomic E-state index is 0.304. The van der Waals surface area contributed by atoms with E-state index < -0.39 is 0 Å². The highest BCUT2D eigenvalue weighted by atomic mass is 15.1. The second kappa shape index (κ2) is 7.28. The van der Waals surface area contributed by atoms with Gasteiger partial charge in [0.2, 0.25) is 0 Å². The summed E-state index contributed by atoms with van der Waals surface area (Å²) in [6.45, 7) is 6.80. The van der Waals surface area contributed by atoms with E-state index in [-0.39, 0.29) is 0 Å². The van der Waals surface area contributed by atoms with Gasteiger partial charge in [0.1, 0.15) is 0 Å². The normalized spacial score (nSPS) is 17.9. The molecule has 1 saturated heterocycles. The van der Waals surface area contributed by atoms with Gasteiger partial charge in [-0.1, -0.05) is 18.6 Å². The molecule has 1 aromatic rings. The van der Waals surface area contributed by atoms with Crippen molar-refractivity contribution in [3.05, 3.63) is 35.4 Å². The summed E-state index contributed by atoms with van der Waals surface area (Å²) in [5.41, 5.74) is 1.93. The van der Waals surface area contributed by atoms with Gasteiger partial charge in [-0.15, -0.1) is 0 Å². The first-order chi connectivity index (χ1) is 9.29. The van der Waals surface area contributed by atoms with Crippen LogP contribution in [0.2, 0.25) is 0 Å². The first kappa shape index (κ1) is 14.0. The summed E-state index contributed by atoms with van der Waals surface area (Å²) in [6, 6.07) is 10.4. The molecule has 19 heavy (non-hydrogen) atoms. The van der Waals surface area contributed by atoms with Gasteiger partial charge in [-0.25, -0.2) is 0 Å². The average Bonchev–Trinajstić information content (AvgIpc) is 2.48. The zero-order chi connectivity index (χ0) is 13.5. The van der Waals surface area contributed by atoms with Crippen LogP contribution in [0.1, 0.15) is 43.4 Å². The highest BCUT2D eigenvalue weighted by molar-refractivity contribution is 5.33. The average molecular weight is 257 g/mol. The van der Waals surface area contributed by atoms with Gasteiger partial charge in [0.05, 0.1) is 11.6 Å². The van der Waals surface area contributed by atoms with E-state index in [1.54, 1.807) is 0 Å². The van der Waals surface area contributed by atoms with Crippen molar-refractivity contribution in [2.24, 2.45) is 0 Å². The molecular formula is C16H23N3. The number of hydrogen-bond acceptors (Lipinski definition) is 3. The van der Waals surface area contributed by atoms with Crippen LogP contribution in [0.4, 0.5) is 0 Å². The number of rotatable bonds is 5. The highest BCUT2D eigenvalue weighted by Gasteiger charge is 2.10. The summed E-state index contributed by atoms with van der Waals surface area (Å²) in [5.74, 6) is 0. The smallest absolute Gasteiger partial charge is 0.0991 e. The third-order valence-electron chi connectivity index (χ3n) is 3.84. The molecule has 1 aliphatic rings. The maximum absolute atomic E-state index is 8.91. The molecule has 1 unspecified atom stereocenters. The number of nitriles is 1. The Labute approximate surface area is 116 Å². The second-order valence-corrected chi connectivity index (χ2v) is 5.32. The van der Waals surface area contributed by atoms with Gasteiger partial charge in [-0.05, 0) is 50.6 Å². The molecule has 0 bridgehead atoms. The van der Waals surface area contributed by atoms with E-state index in [2.05, 4.69) is 29.3 Å². The molecule has 0 radical (unpaired) electrons. The Morgan fingerprint density at radius 3 is 2.84 bits per heavy atom. The van der Waals surface area contributed by atoms with Crippen LogP contribution in [0.3, 0.4) is 0 Å². The molecule has 1 aromatic carbocycles. The molecule has 3 nitrogen and oxygen atoms in total. The van der Waals surface area contributed by atoms with E-state index >= 15 is 0 Å². The summed E-state index contributed by atoms with van der Waals surface area (Å²) in [6.07, 6.45) is 4.08. The molecule has 1 atom stereocenters. The predicted molar refractivity (Wildman–Crippen MR) is 77.9 cm³/mol. The van der Waals surface area contributed by atoms with Crippen molar-refractivity contribution < 1.29 is 0 Å². The van der Waals surface area contributed by atoms with Crippen LogP contribution in [-0.2, 0) is 0 Å². The highest BCUT2D eigenvalue weighted by Crippen LogP contribution is 2.14. The van der Waals surface area contributed by atoms with Gasteiger partial charge in [-0.2, -0.15) is 5.26 Å². The van der Waals surface area contributed by atoms with Crippen LogP contribution in [0.15, 0.2) is 24.3 Å². The molecule has 0 amide bonds. The fourth-order valence-corrected chi connectivity index (χ4v) is 2.62. The topological polar surface area (TPSA) is 39.1 Å². The van der Waals surface area contributed by atoms with Gasteiger partial charge < -0.3 is 10.2 Å². The summed E-state index contributed by atoms with van der Waals surface area (Å²) < 4.78 is 0. The number of nitrogens with one attached hydrogen (secondary N) is 1. The van der Waals surface area contributed by atoms with E-state index in [0.29, 0.717) is 6.04 Å². The lowest BCUT2D eigenvalue weighted by molar-refractivity contribution is 0.227. The first-order valence-corrected chi connectivity index (χ1v) is 7.25. The molecule has 0 aliphatic carbocycles. The fraction of sp³-hybridized carbons (Fsp3) is 0.562. The molecule has 1 N–H and O–H groups in total. The van der Waals surface area contributed by atoms with Crippen LogP contribution < -0.4 is 5.32 Å². The lowest BCUT2D eigenvalue weighted by atomic mass is 10.1. The van der Waals surface area contributed by atoms with Crippen molar-refractivity contribution in [2.45, 2.75) is 32.2 Å². The van der Waals surface area contributed by atoms with E-state index in [0.717, 1.165) is 18.7 Å². The Kier molecular flexibility index (Phi) is 5.38. The Bertz CT molecular complexity index is 430. The molecule has 2 rings (SSSR count). The fourth-order valence-electron chi connectivity index (χ4n) is 2.62. The third-order valence-corrected chi connectivity index (χ3v) is 3.84. The van der Waals surface area contributed by atoms with Crippen LogP contribution in [0.25, 0.3) is 0 Å². The zero-order valence-electron chi connectivity index (χ0n) is 11.7. The second-order valence-electron chi connectivity index (χ2n) is 5.32. The standard InChI is InChI=1S/C16H23N3/c1-14(16-7-5-6-15(12-16)13-17)18-8-11-19-9-3-2-4-10-19/h5-7,12,14,18H,2-4,8-11H2,1H3. The minimum absolute atomic E-state index is 0.304. The predicted octanol–water partition coefficient (Wildman–Crippen LogP) is 2.69. The van der Waals surface area contributed by atoms with Crippen LogP contribution in [-0.4, -0.2) is 31.1 Å². The van der Waals surface area contributed by atoms with Gasteiger partial charge >= 0.3 is 0 Å². The molecular weight excluding hydrogens is 234 g/mol. The van der Waals surface area contributed by atoms with E-state index in [1.165, 1.54) is 37.9 Å². The maximum Gasteiger partial charge on any atom is 0.0991 e. The number of piperidine rings is 1. The molecule has 0 aromatic heterocycles. The van der Waals surface area contributed by atoms with Gasteiger partial charge in [-0.3, -0.25) is 0 Å². The molecule has 1 aliphatic heterocycles. The summed E-state index contributed by atoms with van der Waals surface area (Å²) in [4.78, 5) is 2.54. The summed E-state index contributed by atoms with van der Waals surface area (Å²) >= 11 is 0. The van der Waals surface area contributed by atoms with Gasteiger partial charge in [0.15, 0.2) is 0 Å². The summed E-state index contributed by atoms with van der Waals surface area (Å²) in [5, 5.41) is 12.5. The monoisotopic (exact) mass is 257 g/mol. The van der Waals surface area contributed by atoms with Crippen LogP contribution in [0, 0.1) is 11.3 Å². The van der Waals surface area contributed by atoms with Gasteiger partial charge in [0.25, 0.3) is 0 Å². The van der Waals surface area contributed by atoms with Crippen molar-refractivity contribution in [3.8, 4) is 6.07 Å². The molecule has 3 heteroatoms. The van der Waals surface area contributed by atoms with Crippen LogP contribution in [0.5, 0.6) is 0 Å². The lowest BCUT2D eigenvalue weighted by Gasteiger charge is -2.27. The molecule has 1 fully saturated rings. The number of likely N-dealkylation sites (tertiary alicyclic amines) is 1. The SMILES string of the molecule is CC(NCCN1CCCCC1)c1cccc(C#N)c1. The lowest BCUT2D eigenvalue weighted by Crippen LogP contribution is -2.36. The van der Waals surface area contributed by atoms with Crippen molar-refractivity contribution in [1.29, 1.82) is 5.26 Å². The zero-order valence-corrected chi connectivity index (χ0v) is 11.7. The van der Waals surface area contributed by atoms with Crippen molar-refractivity contribution in [2.75, 3.05) is 26.2 Å². The quantitative estimate of drug-likeness (QED) is 0.881. The molecule has 102 valence electrons.